The van der Waals surface area contributed by atoms with Crippen molar-refractivity contribution in [1.29, 1.82) is 0 Å². The van der Waals surface area contributed by atoms with Gasteiger partial charge in [0.05, 0.1) is 17.8 Å². The molecule has 4 rings (SSSR count). The zero-order chi connectivity index (χ0) is 17.4. The molecular formula is C17H26N6O2. The van der Waals surface area contributed by atoms with Crippen LogP contribution in [0, 0.1) is 6.92 Å². The lowest BCUT2D eigenvalue weighted by atomic mass is 9.87. The quantitative estimate of drug-likeness (QED) is 0.808. The second kappa shape index (κ2) is 6.74. The third-order valence-electron chi connectivity index (χ3n) is 5.84. The highest BCUT2D eigenvalue weighted by Gasteiger charge is 2.40. The first-order chi connectivity index (χ1) is 12.1. The number of nitrogens with zero attached hydrogens (tertiary/aromatic N) is 4. The van der Waals surface area contributed by atoms with Crippen LogP contribution in [-0.2, 0) is 4.79 Å². The van der Waals surface area contributed by atoms with E-state index >= 15 is 0 Å². The maximum absolute atomic E-state index is 13.1. The van der Waals surface area contributed by atoms with Gasteiger partial charge in [-0.1, -0.05) is 18.1 Å². The number of rotatable bonds is 2. The fourth-order valence-electron chi connectivity index (χ4n) is 4.47. The lowest BCUT2D eigenvalue weighted by Gasteiger charge is -2.43. The predicted molar refractivity (Wildman–Crippen MR) is 91.1 cm³/mol. The average molecular weight is 346 g/mol. The Morgan fingerprint density at radius 2 is 1.92 bits per heavy atom. The van der Waals surface area contributed by atoms with Crippen molar-refractivity contribution in [3.05, 3.63) is 11.4 Å². The van der Waals surface area contributed by atoms with Crippen molar-refractivity contribution in [2.75, 3.05) is 19.6 Å². The van der Waals surface area contributed by atoms with Gasteiger partial charge in [0.15, 0.2) is 5.69 Å². The smallest absolute Gasteiger partial charge is 0.277 e. The van der Waals surface area contributed by atoms with E-state index in [4.69, 9.17) is 0 Å². The maximum atomic E-state index is 13.1. The molecule has 2 atom stereocenters. The molecule has 2 amide bonds. The molecule has 1 saturated carbocycles. The van der Waals surface area contributed by atoms with Crippen molar-refractivity contribution < 1.29 is 9.59 Å². The monoisotopic (exact) mass is 346 g/mol. The zero-order valence-corrected chi connectivity index (χ0v) is 14.7. The summed E-state index contributed by atoms with van der Waals surface area (Å²) >= 11 is 0. The fourth-order valence-corrected chi connectivity index (χ4v) is 4.47. The molecule has 8 nitrogen and oxygen atoms in total. The summed E-state index contributed by atoms with van der Waals surface area (Å²) in [5, 5.41) is 14.9. The molecule has 25 heavy (non-hydrogen) atoms. The minimum Gasteiger partial charge on any atom is -0.350 e. The number of hydrogen-bond donors (Lipinski definition) is 2. The summed E-state index contributed by atoms with van der Waals surface area (Å²) in [7, 11) is 0. The second-order valence-corrected chi connectivity index (χ2v) is 7.41. The van der Waals surface area contributed by atoms with E-state index in [1.807, 2.05) is 11.6 Å². The second-order valence-electron chi connectivity index (χ2n) is 7.41. The van der Waals surface area contributed by atoms with E-state index in [2.05, 4.69) is 20.9 Å². The van der Waals surface area contributed by atoms with E-state index in [1.54, 1.807) is 4.90 Å². The van der Waals surface area contributed by atoms with Crippen LogP contribution in [0.3, 0.4) is 0 Å². The fraction of sp³-hybridized carbons (Fsp3) is 0.765. The molecule has 1 aliphatic carbocycles. The van der Waals surface area contributed by atoms with Gasteiger partial charge in [0.25, 0.3) is 5.91 Å². The van der Waals surface area contributed by atoms with E-state index in [0.717, 1.165) is 57.3 Å². The van der Waals surface area contributed by atoms with Gasteiger partial charge in [0.2, 0.25) is 5.91 Å². The van der Waals surface area contributed by atoms with Crippen LogP contribution in [0.4, 0.5) is 0 Å². The van der Waals surface area contributed by atoms with Gasteiger partial charge in [0, 0.05) is 6.04 Å². The van der Waals surface area contributed by atoms with Crippen molar-refractivity contribution in [2.24, 2.45) is 0 Å². The summed E-state index contributed by atoms with van der Waals surface area (Å²) in [6.45, 7) is 3.96. The molecule has 0 spiro atoms. The third kappa shape index (κ3) is 3.03. The number of hydrogen-bond acceptors (Lipinski definition) is 5. The molecule has 2 N–H and O–H groups in total. The number of nitrogens with one attached hydrogen (secondary N) is 2. The van der Waals surface area contributed by atoms with Gasteiger partial charge in [-0.3, -0.25) is 9.59 Å². The Morgan fingerprint density at radius 1 is 1.16 bits per heavy atom. The summed E-state index contributed by atoms with van der Waals surface area (Å²) in [4.78, 5) is 26.9. The number of piperazine rings is 1. The largest absolute Gasteiger partial charge is 0.350 e. The minimum absolute atomic E-state index is 0.0695. The molecule has 0 unspecified atom stereocenters. The molecule has 136 valence electrons. The Hall–Kier alpha value is -1.96. The molecule has 3 aliphatic rings. The summed E-state index contributed by atoms with van der Waals surface area (Å²) in [6.07, 6.45) is 6.08. The van der Waals surface area contributed by atoms with Crippen LogP contribution in [0.5, 0.6) is 0 Å². The number of carbonyl (C=O) groups is 2. The molecule has 3 heterocycles. The first kappa shape index (κ1) is 16.5. The Morgan fingerprint density at radius 3 is 2.72 bits per heavy atom. The highest BCUT2D eigenvalue weighted by molar-refractivity contribution is 5.96. The maximum Gasteiger partial charge on any atom is 0.277 e. The molecule has 2 aliphatic heterocycles. The molecule has 8 heteroatoms. The normalized spacial score (nSPS) is 27.7. The highest BCUT2D eigenvalue weighted by Crippen LogP contribution is 2.28. The van der Waals surface area contributed by atoms with Crippen molar-refractivity contribution >= 4 is 11.8 Å². The molecule has 0 aromatic carbocycles. The van der Waals surface area contributed by atoms with Crippen LogP contribution >= 0.6 is 0 Å². The number of fused-ring (bicyclic) bond motifs is 1. The molecule has 2 saturated heterocycles. The van der Waals surface area contributed by atoms with Crippen molar-refractivity contribution in [3.63, 3.8) is 0 Å². The molecule has 1 aromatic heterocycles. The van der Waals surface area contributed by atoms with Crippen LogP contribution in [0.25, 0.3) is 0 Å². The molecule has 0 radical (unpaired) electrons. The Kier molecular flexibility index (Phi) is 4.45. The van der Waals surface area contributed by atoms with Crippen LogP contribution in [0.2, 0.25) is 0 Å². The average Bonchev–Trinajstić information content (AvgIpc) is 3.02. The topological polar surface area (TPSA) is 92.2 Å². The third-order valence-corrected chi connectivity index (χ3v) is 5.84. The van der Waals surface area contributed by atoms with Gasteiger partial charge >= 0.3 is 0 Å². The Bertz CT molecular complexity index is 666. The lowest BCUT2D eigenvalue weighted by molar-refractivity contribution is -0.127. The van der Waals surface area contributed by atoms with Gasteiger partial charge in [-0.15, -0.1) is 5.10 Å². The summed E-state index contributed by atoms with van der Waals surface area (Å²) in [5.41, 5.74) is 1.22. The van der Waals surface area contributed by atoms with E-state index in [9.17, 15) is 9.59 Å². The van der Waals surface area contributed by atoms with E-state index in [0.29, 0.717) is 11.7 Å². The van der Waals surface area contributed by atoms with Gasteiger partial charge in [-0.25, -0.2) is 4.68 Å². The van der Waals surface area contributed by atoms with Crippen molar-refractivity contribution in [2.45, 2.75) is 63.6 Å². The van der Waals surface area contributed by atoms with Crippen LogP contribution in [-0.4, -0.2) is 63.4 Å². The first-order valence-electron chi connectivity index (χ1n) is 9.38. The lowest BCUT2D eigenvalue weighted by Crippen LogP contribution is -2.63. The molecule has 0 bridgehead atoms. The summed E-state index contributed by atoms with van der Waals surface area (Å²) < 4.78 is 1.90. The standard InChI is InChI=1S/C17H26N6O2/c1-11-16(20-21-23(11)12-6-8-18-9-7-12)17(25)22-10-15(24)19-13-4-2-3-5-14(13)22/h12-14,18H,2-10H2,1H3,(H,19,24)/t13-,14-/m1/s1. The highest BCUT2D eigenvalue weighted by atomic mass is 16.2. The van der Waals surface area contributed by atoms with Gasteiger partial charge in [-0.05, 0) is 45.7 Å². The van der Waals surface area contributed by atoms with Crippen LogP contribution in [0.1, 0.15) is 60.7 Å². The zero-order valence-electron chi connectivity index (χ0n) is 14.7. The van der Waals surface area contributed by atoms with Gasteiger partial charge in [0.1, 0.15) is 6.54 Å². The van der Waals surface area contributed by atoms with E-state index < -0.39 is 0 Å². The summed E-state index contributed by atoms with van der Waals surface area (Å²) in [5.74, 6) is -0.218. The summed E-state index contributed by atoms with van der Waals surface area (Å²) in [6, 6.07) is 0.462. The molecule has 3 fully saturated rings. The van der Waals surface area contributed by atoms with Crippen molar-refractivity contribution in [3.8, 4) is 0 Å². The first-order valence-corrected chi connectivity index (χ1v) is 9.38. The SMILES string of the molecule is Cc1c(C(=O)N2CC(=O)N[C@@H]3CCCC[C@H]32)nnn1C1CCNCC1. The molecule has 1 aromatic rings. The number of carbonyl (C=O) groups excluding carboxylic acids is 2. The molecular weight excluding hydrogens is 320 g/mol. The van der Waals surface area contributed by atoms with Crippen molar-refractivity contribution in [1.82, 2.24) is 30.5 Å². The van der Waals surface area contributed by atoms with Gasteiger partial charge in [-0.2, -0.15) is 0 Å². The van der Waals surface area contributed by atoms with E-state index in [1.165, 1.54) is 0 Å². The predicted octanol–water partition coefficient (Wildman–Crippen LogP) is 0.394. The number of aromatic nitrogens is 3. The van der Waals surface area contributed by atoms with E-state index in [-0.39, 0.29) is 30.4 Å². The number of amides is 2. The van der Waals surface area contributed by atoms with Gasteiger partial charge < -0.3 is 15.5 Å². The minimum atomic E-state index is -0.149. The van der Waals surface area contributed by atoms with Crippen LogP contribution < -0.4 is 10.6 Å². The Balaban J connectivity index is 1.57. The number of piperidine rings is 1. The van der Waals surface area contributed by atoms with Crippen LogP contribution in [0.15, 0.2) is 0 Å². The Labute approximate surface area is 147 Å².